The van der Waals surface area contributed by atoms with Gasteiger partial charge in [-0.15, -0.1) is 22.7 Å². The number of thiophene rings is 2. The molecule has 0 aromatic carbocycles. The van der Waals surface area contributed by atoms with E-state index in [2.05, 4.69) is 32.6 Å². The summed E-state index contributed by atoms with van der Waals surface area (Å²) in [6.07, 6.45) is 0. The van der Waals surface area contributed by atoms with Crippen LogP contribution >= 0.6 is 30.8 Å². The molecule has 0 aliphatic carbocycles. The highest BCUT2D eigenvalue weighted by atomic mass is 32.1. The summed E-state index contributed by atoms with van der Waals surface area (Å²) in [5, 5.41) is 1.42. The van der Waals surface area contributed by atoms with Crippen LogP contribution in [-0.4, -0.2) is 6.66 Å². The van der Waals surface area contributed by atoms with Crippen LogP contribution in [0.15, 0.2) is 12.1 Å². The Morgan fingerprint density at radius 2 is 1.73 bits per heavy atom. The van der Waals surface area contributed by atoms with Crippen molar-refractivity contribution < 1.29 is 4.52 Å². The van der Waals surface area contributed by atoms with E-state index in [0.717, 1.165) is 5.75 Å². The average Bonchev–Trinajstić information content (AvgIpc) is 2.68. The molecule has 1 unspecified atom stereocenters. The third kappa shape index (κ3) is 1.45. The van der Waals surface area contributed by atoms with Crippen LogP contribution in [0.25, 0.3) is 9.75 Å². The summed E-state index contributed by atoms with van der Waals surface area (Å²) in [5.74, 6) is 1.10. The fourth-order valence-corrected chi connectivity index (χ4v) is 5.87. The second kappa shape index (κ2) is 3.31. The van der Waals surface area contributed by atoms with Crippen molar-refractivity contribution in [3.63, 3.8) is 0 Å². The SMILES string of the molecule is Cc1cc2c(s1)-c1sc(C)cc1P(C)O2. The zero-order valence-corrected chi connectivity index (χ0v) is 11.4. The lowest BCUT2D eigenvalue weighted by Gasteiger charge is -2.19. The van der Waals surface area contributed by atoms with Crippen molar-refractivity contribution in [2.24, 2.45) is 0 Å². The van der Waals surface area contributed by atoms with Gasteiger partial charge in [-0.2, -0.15) is 0 Å². The highest BCUT2D eigenvalue weighted by Gasteiger charge is 2.27. The summed E-state index contributed by atoms with van der Waals surface area (Å²) < 4.78 is 5.97. The number of rotatable bonds is 0. The summed E-state index contributed by atoms with van der Waals surface area (Å²) in [6, 6.07) is 4.44. The van der Waals surface area contributed by atoms with Gasteiger partial charge in [0, 0.05) is 15.1 Å². The first-order valence-electron chi connectivity index (χ1n) is 4.78. The molecule has 0 spiro atoms. The van der Waals surface area contributed by atoms with Gasteiger partial charge in [-0.3, -0.25) is 0 Å². The smallest absolute Gasteiger partial charge is 0.143 e. The van der Waals surface area contributed by atoms with Gasteiger partial charge in [0.05, 0.1) is 9.75 Å². The molecule has 0 saturated carbocycles. The van der Waals surface area contributed by atoms with E-state index in [1.807, 2.05) is 22.7 Å². The Bertz CT molecular complexity index is 527. The summed E-state index contributed by atoms with van der Waals surface area (Å²) in [6.45, 7) is 6.51. The first kappa shape index (κ1) is 9.83. The van der Waals surface area contributed by atoms with Crippen molar-refractivity contribution in [1.29, 1.82) is 0 Å². The molecule has 3 rings (SSSR count). The molecule has 1 nitrogen and oxygen atoms in total. The second-order valence-electron chi connectivity index (χ2n) is 3.71. The first-order chi connectivity index (χ1) is 7.15. The number of fused-ring (bicyclic) bond motifs is 3. The van der Waals surface area contributed by atoms with Crippen LogP contribution in [0.2, 0.25) is 0 Å². The molecule has 0 N–H and O–H groups in total. The van der Waals surface area contributed by atoms with E-state index in [-0.39, 0.29) is 0 Å². The second-order valence-corrected chi connectivity index (χ2v) is 7.88. The quantitative estimate of drug-likeness (QED) is 0.642. The van der Waals surface area contributed by atoms with Gasteiger partial charge in [-0.1, -0.05) is 0 Å². The first-order valence-corrected chi connectivity index (χ1v) is 8.12. The molecule has 4 heteroatoms. The highest BCUT2D eigenvalue weighted by Crippen LogP contribution is 2.52. The molecule has 2 aromatic heterocycles. The molecule has 0 bridgehead atoms. The Balaban J connectivity index is 2.28. The molecule has 0 saturated heterocycles. The number of hydrogen-bond donors (Lipinski definition) is 0. The van der Waals surface area contributed by atoms with E-state index in [1.165, 1.54) is 24.8 Å². The third-order valence-electron chi connectivity index (χ3n) is 2.44. The Kier molecular flexibility index (Phi) is 2.17. The van der Waals surface area contributed by atoms with Gasteiger partial charge in [0.25, 0.3) is 0 Å². The van der Waals surface area contributed by atoms with E-state index >= 15 is 0 Å². The summed E-state index contributed by atoms with van der Waals surface area (Å²) >= 11 is 3.74. The molecular formula is C11H11OPS2. The fraction of sp³-hybridized carbons (Fsp3) is 0.273. The fourth-order valence-electron chi connectivity index (χ4n) is 1.81. The Labute approximate surface area is 98.6 Å². The van der Waals surface area contributed by atoms with E-state index in [0.29, 0.717) is 0 Å². The van der Waals surface area contributed by atoms with Crippen LogP contribution in [0.5, 0.6) is 5.75 Å². The van der Waals surface area contributed by atoms with E-state index in [9.17, 15) is 0 Å². The van der Waals surface area contributed by atoms with Crippen LogP contribution in [0.4, 0.5) is 0 Å². The maximum Gasteiger partial charge on any atom is 0.143 e. The molecule has 0 radical (unpaired) electrons. The van der Waals surface area contributed by atoms with Gasteiger partial charge in [0.15, 0.2) is 0 Å². The lowest BCUT2D eigenvalue weighted by atomic mass is 10.3. The minimum Gasteiger partial charge on any atom is -0.468 e. The Morgan fingerprint density at radius 3 is 2.53 bits per heavy atom. The van der Waals surface area contributed by atoms with Crippen molar-refractivity contribution in [3.8, 4) is 15.5 Å². The molecule has 1 atom stereocenters. The zero-order valence-electron chi connectivity index (χ0n) is 8.83. The molecule has 0 fully saturated rings. The standard InChI is InChI=1S/C11H11OPS2/c1-6-4-8-10(14-6)11-9(13(3)12-8)5-7(2)15-11/h4-5H,1-3H3. The molecule has 2 aromatic rings. The summed E-state index contributed by atoms with van der Waals surface area (Å²) in [4.78, 5) is 5.50. The van der Waals surface area contributed by atoms with Gasteiger partial charge in [0.2, 0.25) is 0 Å². The molecular weight excluding hydrogens is 243 g/mol. The molecule has 0 amide bonds. The van der Waals surface area contributed by atoms with E-state index < -0.39 is 8.15 Å². The lowest BCUT2D eigenvalue weighted by Crippen LogP contribution is -2.08. The molecule has 15 heavy (non-hydrogen) atoms. The largest absolute Gasteiger partial charge is 0.468 e. The van der Waals surface area contributed by atoms with Gasteiger partial charge in [-0.05, 0) is 32.6 Å². The van der Waals surface area contributed by atoms with Crippen LogP contribution in [-0.2, 0) is 0 Å². The van der Waals surface area contributed by atoms with Gasteiger partial charge in [0.1, 0.15) is 13.9 Å². The van der Waals surface area contributed by atoms with Crippen molar-refractivity contribution >= 4 is 36.1 Å². The average molecular weight is 254 g/mol. The van der Waals surface area contributed by atoms with Crippen molar-refractivity contribution in [1.82, 2.24) is 0 Å². The predicted octanol–water partition coefficient (Wildman–Crippen LogP) is 4.14. The minimum absolute atomic E-state index is 0.443. The van der Waals surface area contributed by atoms with Gasteiger partial charge >= 0.3 is 0 Å². The normalized spacial score (nSPS) is 18.2. The molecule has 78 valence electrons. The van der Waals surface area contributed by atoms with Gasteiger partial charge < -0.3 is 4.52 Å². The lowest BCUT2D eigenvalue weighted by molar-refractivity contribution is 0.629. The monoisotopic (exact) mass is 254 g/mol. The molecule has 1 aliphatic heterocycles. The Morgan fingerprint density at radius 1 is 1.07 bits per heavy atom. The molecule has 3 heterocycles. The molecule has 1 aliphatic rings. The highest BCUT2D eigenvalue weighted by molar-refractivity contribution is 7.62. The van der Waals surface area contributed by atoms with Crippen molar-refractivity contribution in [3.05, 3.63) is 21.9 Å². The van der Waals surface area contributed by atoms with Crippen LogP contribution in [0, 0.1) is 13.8 Å². The van der Waals surface area contributed by atoms with Crippen LogP contribution < -0.4 is 9.83 Å². The van der Waals surface area contributed by atoms with E-state index in [4.69, 9.17) is 4.52 Å². The Hall–Kier alpha value is -0.370. The van der Waals surface area contributed by atoms with E-state index in [1.54, 1.807) is 0 Å². The van der Waals surface area contributed by atoms with Crippen molar-refractivity contribution in [2.75, 3.05) is 6.66 Å². The topological polar surface area (TPSA) is 9.23 Å². The maximum absolute atomic E-state index is 5.97. The minimum atomic E-state index is -0.443. The third-order valence-corrected chi connectivity index (χ3v) is 6.34. The number of aryl methyl sites for hydroxylation is 2. The summed E-state index contributed by atoms with van der Waals surface area (Å²) in [5.41, 5.74) is 0. The van der Waals surface area contributed by atoms with Crippen molar-refractivity contribution in [2.45, 2.75) is 13.8 Å². The predicted molar refractivity (Wildman–Crippen MR) is 70.2 cm³/mol. The number of hydrogen-bond acceptors (Lipinski definition) is 3. The van der Waals surface area contributed by atoms with Gasteiger partial charge in [-0.25, -0.2) is 0 Å². The zero-order chi connectivity index (χ0) is 10.6. The summed E-state index contributed by atoms with van der Waals surface area (Å²) in [7, 11) is -0.443. The maximum atomic E-state index is 5.97. The van der Waals surface area contributed by atoms with Crippen LogP contribution in [0.3, 0.4) is 0 Å². The van der Waals surface area contributed by atoms with Crippen LogP contribution in [0.1, 0.15) is 9.75 Å².